The van der Waals surface area contributed by atoms with Crippen molar-refractivity contribution in [3.8, 4) is 0 Å². The molecule has 0 aliphatic carbocycles. The summed E-state index contributed by atoms with van der Waals surface area (Å²) in [5.74, 6) is 0.745. The normalized spacial score (nSPS) is 8.83. The van der Waals surface area contributed by atoms with Crippen LogP contribution in [0.1, 0.15) is 50.8 Å². The Morgan fingerprint density at radius 2 is 1.48 bits per heavy atom. The summed E-state index contributed by atoms with van der Waals surface area (Å²) in [7, 11) is 0. The predicted molar refractivity (Wildman–Crippen MR) is 211 cm³/mol. The molecule has 3 N–H and O–H groups in total. The van der Waals surface area contributed by atoms with E-state index in [1.165, 1.54) is 34.9 Å². The molecule has 288 valence electrons. The first-order valence-electron chi connectivity index (χ1n) is 16.2. The summed E-state index contributed by atoms with van der Waals surface area (Å²) in [6.07, 6.45) is 18.6. The minimum absolute atomic E-state index is 0.745. The number of aromatic nitrogens is 11. The summed E-state index contributed by atoms with van der Waals surface area (Å²) >= 11 is 3.37. The molecule has 9 aromatic heterocycles. The van der Waals surface area contributed by atoms with E-state index in [4.69, 9.17) is 4.42 Å². The second-order valence-corrected chi connectivity index (χ2v) is 12.3. The number of nitrogens with one attached hydrogen (secondary N) is 3. The average molecular weight is 776 g/mol. The Kier molecular flexibility index (Phi) is 25.8. The Bertz CT molecular complexity index is 1460. The maximum absolute atomic E-state index is 4.71. The van der Waals surface area contributed by atoms with Crippen molar-refractivity contribution in [2.24, 2.45) is 0 Å². The van der Waals surface area contributed by atoms with Gasteiger partial charge in [0.15, 0.2) is 12.2 Å². The van der Waals surface area contributed by atoms with Gasteiger partial charge in [0.1, 0.15) is 18.2 Å². The maximum atomic E-state index is 4.71. The van der Waals surface area contributed by atoms with Gasteiger partial charge in [-0.05, 0) is 120 Å². The van der Waals surface area contributed by atoms with Crippen LogP contribution in [0.4, 0.5) is 0 Å². The highest BCUT2D eigenvalue weighted by Crippen LogP contribution is 2.01. The number of oxazole rings is 1. The van der Waals surface area contributed by atoms with Gasteiger partial charge >= 0.3 is 0 Å². The van der Waals surface area contributed by atoms with E-state index in [9.17, 15) is 0 Å². The molecule has 0 saturated heterocycles. The van der Waals surface area contributed by atoms with Crippen molar-refractivity contribution in [3.63, 3.8) is 0 Å². The fourth-order valence-corrected chi connectivity index (χ4v) is 3.90. The lowest BCUT2D eigenvalue weighted by atomic mass is 10.4. The monoisotopic (exact) mass is 775 g/mol. The predicted octanol–water partition coefficient (Wildman–Crippen LogP) is 9.59. The van der Waals surface area contributed by atoms with Gasteiger partial charge in [0.2, 0.25) is 0 Å². The maximum Gasteiger partial charge on any atom is 0.180 e. The molecule has 0 aromatic carbocycles. The summed E-state index contributed by atoms with van der Waals surface area (Å²) in [5.41, 5.74) is 10.8. The summed E-state index contributed by atoms with van der Waals surface area (Å²) in [5, 5.41) is 32.3. The van der Waals surface area contributed by atoms with E-state index in [-0.39, 0.29) is 0 Å². The van der Waals surface area contributed by atoms with E-state index in [0.29, 0.717) is 0 Å². The molecule has 0 amide bonds. The van der Waals surface area contributed by atoms with Crippen molar-refractivity contribution in [1.29, 1.82) is 0 Å². The quantitative estimate of drug-likeness (QED) is 0.132. The fraction of sp³-hybridized carbons (Fsp3) is 0.243. The van der Waals surface area contributed by atoms with Crippen LogP contribution >= 0.6 is 22.7 Å². The summed E-state index contributed by atoms with van der Waals surface area (Å²) in [6.45, 7) is 17.6. The molecule has 17 heteroatoms. The van der Waals surface area contributed by atoms with E-state index in [0.717, 1.165) is 28.5 Å². The Balaban J connectivity index is 0.000000304. The van der Waals surface area contributed by atoms with Crippen LogP contribution in [0.5, 0.6) is 0 Å². The van der Waals surface area contributed by atoms with E-state index < -0.39 is 0 Å². The van der Waals surface area contributed by atoms with Gasteiger partial charge in [-0.25, -0.2) is 4.98 Å². The van der Waals surface area contributed by atoms with E-state index in [1.54, 1.807) is 67.0 Å². The Labute approximate surface area is 323 Å². The first-order valence-corrected chi connectivity index (χ1v) is 18.1. The zero-order chi connectivity index (χ0) is 39.7. The van der Waals surface area contributed by atoms with Gasteiger partial charge in [-0.3, -0.25) is 15.2 Å². The van der Waals surface area contributed by atoms with Crippen LogP contribution in [0.2, 0.25) is 0 Å². The zero-order valence-electron chi connectivity index (χ0n) is 32.0. The van der Waals surface area contributed by atoms with Crippen LogP contribution in [-0.2, 0) is 0 Å². The van der Waals surface area contributed by atoms with E-state index in [2.05, 4.69) is 100 Å². The first kappa shape index (κ1) is 45.8. The third kappa shape index (κ3) is 28.5. The molecule has 0 aliphatic heterocycles. The van der Waals surface area contributed by atoms with Gasteiger partial charge in [-0.2, -0.15) is 21.5 Å². The Hall–Kier alpha value is -6.20. The van der Waals surface area contributed by atoms with Crippen molar-refractivity contribution < 1.29 is 17.9 Å². The van der Waals surface area contributed by atoms with Crippen LogP contribution in [0.15, 0.2) is 132 Å². The van der Waals surface area contributed by atoms with E-state index >= 15 is 0 Å². The van der Waals surface area contributed by atoms with Crippen LogP contribution < -0.4 is 0 Å². The molecule has 54 heavy (non-hydrogen) atoms. The highest BCUT2D eigenvalue weighted by Gasteiger charge is 1.81. The van der Waals surface area contributed by atoms with Crippen molar-refractivity contribution in [1.82, 2.24) is 56.1 Å². The van der Waals surface area contributed by atoms with Gasteiger partial charge < -0.3 is 22.9 Å². The summed E-state index contributed by atoms with van der Waals surface area (Å²) in [6, 6.07) is 7.96. The molecular weight excluding hydrogens is 727 g/mol. The van der Waals surface area contributed by atoms with Crippen molar-refractivity contribution >= 4 is 22.7 Å². The smallest absolute Gasteiger partial charge is 0.180 e. The second-order valence-electron chi connectivity index (χ2n) is 10.8. The highest BCUT2D eigenvalue weighted by molar-refractivity contribution is 7.08. The Morgan fingerprint density at radius 3 is 1.65 bits per heavy atom. The lowest BCUT2D eigenvalue weighted by molar-refractivity contribution is 0.374. The Morgan fingerprint density at radius 1 is 0.648 bits per heavy atom. The zero-order valence-corrected chi connectivity index (χ0v) is 33.6. The molecule has 0 bridgehead atoms. The molecule has 9 heterocycles. The van der Waals surface area contributed by atoms with Gasteiger partial charge in [0, 0.05) is 52.1 Å². The van der Waals surface area contributed by atoms with Gasteiger partial charge in [0.05, 0.1) is 36.1 Å². The molecular formula is C37H49N11O4S2. The van der Waals surface area contributed by atoms with Gasteiger partial charge in [-0.15, -0.1) is 21.5 Å². The third-order valence-corrected chi connectivity index (χ3v) is 6.91. The second kappa shape index (κ2) is 30.4. The molecule has 9 rings (SSSR count). The molecule has 0 aliphatic rings. The number of aromatic amines is 3. The molecule has 0 atom stereocenters. The molecule has 0 saturated carbocycles. The fourth-order valence-electron chi connectivity index (χ4n) is 2.69. The number of H-pyrrole nitrogens is 3. The molecule has 0 fully saturated rings. The molecule has 0 spiro atoms. The number of thiophene rings is 1. The summed E-state index contributed by atoms with van der Waals surface area (Å²) in [4.78, 5) is 10.6. The topological polar surface area (TPSA) is 203 Å². The van der Waals surface area contributed by atoms with Gasteiger partial charge in [-0.1, -0.05) is 0 Å². The van der Waals surface area contributed by atoms with Crippen LogP contribution in [0, 0.1) is 62.3 Å². The minimum atomic E-state index is 0.745. The molecule has 9 aromatic rings. The number of nitrogens with zero attached hydrogens (tertiary/aromatic N) is 8. The number of thiazole rings is 1. The lowest BCUT2D eigenvalue weighted by Crippen LogP contribution is -1.65. The third-order valence-electron chi connectivity index (χ3n) is 5.41. The number of hydrogen-bond acceptors (Lipinski definition) is 14. The molecule has 0 unspecified atom stereocenters. The molecule has 15 nitrogen and oxygen atoms in total. The minimum Gasteiger partial charge on any atom is -0.472 e. The lowest BCUT2D eigenvalue weighted by Gasteiger charge is -1.68. The average Bonchev–Trinajstić information content (AvgIpc) is 3.98. The highest BCUT2D eigenvalue weighted by atomic mass is 32.1. The largest absolute Gasteiger partial charge is 0.472 e. The number of aryl methyl sites for hydroxylation is 9. The standard InChI is InChI=1S/C5H7N.C5H6O.C5H6S.2C4H6N2.C4H5NO.C4H5NS.2C3H4N2O/c3*1-5-2-3-6-4-5;1-4-2-5-6-3-4;1-4-2-3-5-6-4;2*1-4-2-6-3-5-4;1-3-2-6-5-4-3;1-3-2-4-5-6-3/h2-4,6H,1H3;2*2-4H,1H3;2*2-3H,1H3,(H,5,6);2*2-3H,1H3;2*2H,1H3. The van der Waals surface area contributed by atoms with Crippen molar-refractivity contribution in [3.05, 3.63) is 165 Å². The number of furan rings is 1. The van der Waals surface area contributed by atoms with Crippen LogP contribution in [-0.4, -0.2) is 56.1 Å². The number of hydrogen-bond donors (Lipinski definition) is 3. The first-order chi connectivity index (χ1) is 26.0. The van der Waals surface area contributed by atoms with Crippen LogP contribution in [0.25, 0.3) is 0 Å². The van der Waals surface area contributed by atoms with E-state index in [1.807, 2.05) is 89.2 Å². The van der Waals surface area contributed by atoms with Crippen LogP contribution in [0.3, 0.4) is 0 Å². The van der Waals surface area contributed by atoms with Gasteiger partial charge in [0.25, 0.3) is 0 Å². The SMILES string of the molecule is Cc1cc[nH]c1.Cc1ccn[nH]1.Cc1ccoc1.Cc1ccsc1.Cc1cn[nH]c1.Cc1cnno1.Cc1cocn1.Cc1conn1.Cc1cscn1. The number of rotatable bonds is 0. The van der Waals surface area contributed by atoms with Crippen molar-refractivity contribution in [2.75, 3.05) is 0 Å². The molecule has 0 radical (unpaired) electrons. The van der Waals surface area contributed by atoms with Crippen molar-refractivity contribution in [2.45, 2.75) is 62.3 Å². The summed E-state index contributed by atoms with van der Waals surface area (Å²) < 4.78 is 18.1.